The van der Waals surface area contributed by atoms with Crippen LogP contribution in [-0.2, 0) is 4.79 Å². The highest BCUT2D eigenvalue weighted by Crippen LogP contribution is 2.36. The molecule has 2 aromatic carbocycles. The van der Waals surface area contributed by atoms with Gasteiger partial charge >= 0.3 is 5.97 Å². The Balaban J connectivity index is 2.02. The zero-order valence-corrected chi connectivity index (χ0v) is 15.5. The van der Waals surface area contributed by atoms with Gasteiger partial charge in [-0.2, -0.15) is 0 Å². The van der Waals surface area contributed by atoms with E-state index >= 15 is 0 Å². The maximum Gasteiger partial charge on any atom is 0.307 e. The number of nitrogens with zero attached hydrogens (tertiary/aromatic N) is 1. The Morgan fingerprint density at radius 3 is 2.75 bits per heavy atom. The fourth-order valence-electron chi connectivity index (χ4n) is 3.40. The minimum absolute atomic E-state index is 0.0432. The van der Waals surface area contributed by atoms with E-state index in [1.807, 2.05) is 36.4 Å². The highest BCUT2D eigenvalue weighted by molar-refractivity contribution is 9.10. The van der Waals surface area contributed by atoms with Crippen molar-refractivity contribution in [3.05, 3.63) is 69.2 Å². The first-order chi connectivity index (χ1) is 11.6. The molecule has 3 nitrogen and oxygen atoms in total. The summed E-state index contributed by atoms with van der Waals surface area (Å²) in [4.78, 5) is 13.7. The summed E-state index contributed by atoms with van der Waals surface area (Å²) in [6.45, 7) is 1.41. The second kappa shape index (κ2) is 7.68. The fraction of sp³-hybridized carbons (Fsp3) is 0.316. The van der Waals surface area contributed by atoms with Gasteiger partial charge in [0.1, 0.15) is 0 Å². The smallest absolute Gasteiger partial charge is 0.307 e. The molecule has 3 rings (SSSR count). The molecule has 2 atom stereocenters. The van der Waals surface area contributed by atoms with Gasteiger partial charge in [0.2, 0.25) is 0 Å². The predicted octanol–water partition coefficient (Wildman–Crippen LogP) is 4.99. The summed E-state index contributed by atoms with van der Waals surface area (Å²) < 4.78 is 1.00. The molecular weight excluding hydrogens is 390 g/mol. The molecule has 0 aromatic heterocycles. The van der Waals surface area contributed by atoms with Crippen molar-refractivity contribution in [3.8, 4) is 0 Å². The first kappa shape index (κ1) is 17.5. The summed E-state index contributed by atoms with van der Waals surface area (Å²) >= 11 is 10.0. The predicted molar refractivity (Wildman–Crippen MR) is 99.4 cm³/mol. The maximum absolute atomic E-state index is 11.5. The Labute approximate surface area is 155 Å². The van der Waals surface area contributed by atoms with Crippen molar-refractivity contribution in [1.29, 1.82) is 0 Å². The molecule has 0 bridgehead atoms. The minimum atomic E-state index is -0.716. The lowest BCUT2D eigenvalue weighted by Gasteiger charge is -2.38. The molecule has 0 radical (unpaired) electrons. The molecular formula is C19H19BrClNO2. The summed E-state index contributed by atoms with van der Waals surface area (Å²) in [6, 6.07) is 15.9. The molecule has 1 heterocycles. The lowest BCUT2D eigenvalue weighted by Crippen LogP contribution is -2.41. The van der Waals surface area contributed by atoms with Crippen molar-refractivity contribution in [1.82, 2.24) is 4.90 Å². The van der Waals surface area contributed by atoms with Crippen LogP contribution in [0.25, 0.3) is 0 Å². The quantitative estimate of drug-likeness (QED) is 0.775. The van der Waals surface area contributed by atoms with Crippen LogP contribution in [0.4, 0.5) is 0 Å². The van der Waals surface area contributed by atoms with Crippen LogP contribution in [0, 0.1) is 5.92 Å². The lowest BCUT2D eigenvalue weighted by atomic mass is 9.91. The summed E-state index contributed by atoms with van der Waals surface area (Å²) in [6.07, 6.45) is 1.62. The lowest BCUT2D eigenvalue weighted by molar-refractivity contribution is -0.143. The SMILES string of the molecule is O=C(O)C1CCCN(C(c2cccc(Br)c2)c2ccccc2Cl)C1. The van der Waals surface area contributed by atoms with Gasteiger partial charge in [0.25, 0.3) is 0 Å². The van der Waals surface area contributed by atoms with Gasteiger partial charge in [-0.1, -0.05) is 57.9 Å². The molecule has 0 saturated carbocycles. The number of piperidine rings is 1. The molecule has 0 spiro atoms. The third-order valence-electron chi connectivity index (χ3n) is 4.53. The van der Waals surface area contributed by atoms with Crippen molar-refractivity contribution in [3.63, 3.8) is 0 Å². The summed E-state index contributed by atoms with van der Waals surface area (Å²) in [7, 11) is 0. The molecule has 1 saturated heterocycles. The van der Waals surface area contributed by atoms with E-state index in [1.165, 1.54) is 0 Å². The number of rotatable bonds is 4. The van der Waals surface area contributed by atoms with Crippen LogP contribution in [0.5, 0.6) is 0 Å². The van der Waals surface area contributed by atoms with Gasteiger partial charge in [-0.25, -0.2) is 0 Å². The molecule has 1 N–H and O–H groups in total. The van der Waals surface area contributed by atoms with E-state index < -0.39 is 5.97 Å². The van der Waals surface area contributed by atoms with Crippen LogP contribution in [-0.4, -0.2) is 29.1 Å². The Morgan fingerprint density at radius 2 is 2.04 bits per heavy atom. The van der Waals surface area contributed by atoms with E-state index in [2.05, 4.69) is 33.0 Å². The average Bonchev–Trinajstić information content (AvgIpc) is 2.57. The normalized spacial score (nSPS) is 19.8. The van der Waals surface area contributed by atoms with Crippen molar-refractivity contribution in [2.24, 2.45) is 5.92 Å². The number of carboxylic acid groups (broad SMARTS) is 1. The average molecular weight is 409 g/mol. The van der Waals surface area contributed by atoms with Crippen LogP contribution in [0.1, 0.15) is 30.0 Å². The number of hydrogen-bond acceptors (Lipinski definition) is 2. The zero-order valence-electron chi connectivity index (χ0n) is 13.2. The van der Waals surface area contributed by atoms with Crippen molar-refractivity contribution < 1.29 is 9.90 Å². The number of likely N-dealkylation sites (tertiary alicyclic amines) is 1. The Hall–Kier alpha value is -1.36. The molecule has 0 amide bonds. The molecule has 5 heteroatoms. The third-order valence-corrected chi connectivity index (χ3v) is 5.37. The van der Waals surface area contributed by atoms with Crippen LogP contribution < -0.4 is 0 Å². The van der Waals surface area contributed by atoms with Gasteiger partial charge in [-0.15, -0.1) is 0 Å². The van der Waals surface area contributed by atoms with Crippen LogP contribution in [0.15, 0.2) is 53.0 Å². The van der Waals surface area contributed by atoms with E-state index in [9.17, 15) is 9.90 Å². The van der Waals surface area contributed by atoms with E-state index in [0.29, 0.717) is 11.6 Å². The van der Waals surface area contributed by atoms with Crippen LogP contribution in [0.2, 0.25) is 5.02 Å². The number of carbonyl (C=O) groups is 1. The molecule has 24 heavy (non-hydrogen) atoms. The van der Waals surface area contributed by atoms with Crippen LogP contribution in [0.3, 0.4) is 0 Å². The van der Waals surface area contributed by atoms with Crippen molar-refractivity contribution in [2.75, 3.05) is 13.1 Å². The zero-order chi connectivity index (χ0) is 17.1. The van der Waals surface area contributed by atoms with Gasteiger partial charge in [0, 0.05) is 16.0 Å². The number of halogens is 2. The Kier molecular flexibility index (Phi) is 5.59. The number of benzene rings is 2. The molecule has 1 fully saturated rings. The molecule has 126 valence electrons. The summed E-state index contributed by atoms with van der Waals surface area (Å²) in [5, 5.41) is 10.1. The van der Waals surface area contributed by atoms with Gasteiger partial charge in [-0.3, -0.25) is 9.69 Å². The Morgan fingerprint density at radius 1 is 1.25 bits per heavy atom. The molecule has 0 aliphatic carbocycles. The molecule has 2 unspecified atom stereocenters. The topological polar surface area (TPSA) is 40.5 Å². The maximum atomic E-state index is 11.5. The minimum Gasteiger partial charge on any atom is -0.481 e. The summed E-state index contributed by atoms with van der Waals surface area (Å²) in [5.41, 5.74) is 2.13. The standard InChI is InChI=1S/C19H19BrClNO2/c20-15-7-3-5-13(11-15)18(16-8-1-2-9-17(16)21)22-10-4-6-14(12-22)19(23)24/h1-3,5,7-9,11,14,18H,4,6,10,12H2,(H,23,24). The first-order valence-electron chi connectivity index (χ1n) is 8.03. The van der Waals surface area contributed by atoms with Crippen molar-refractivity contribution >= 4 is 33.5 Å². The summed E-state index contributed by atoms with van der Waals surface area (Å²) in [5.74, 6) is -1.04. The van der Waals surface area contributed by atoms with Crippen LogP contribution >= 0.6 is 27.5 Å². The Bertz CT molecular complexity index is 737. The van der Waals surface area contributed by atoms with E-state index in [4.69, 9.17) is 11.6 Å². The molecule has 1 aliphatic heterocycles. The monoisotopic (exact) mass is 407 g/mol. The van der Waals surface area contributed by atoms with Gasteiger partial charge < -0.3 is 5.11 Å². The van der Waals surface area contributed by atoms with E-state index in [0.717, 1.165) is 35.0 Å². The highest BCUT2D eigenvalue weighted by Gasteiger charge is 2.32. The number of aliphatic carboxylic acids is 1. The third kappa shape index (κ3) is 3.82. The second-order valence-electron chi connectivity index (χ2n) is 6.15. The first-order valence-corrected chi connectivity index (χ1v) is 9.20. The van der Waals surface area contributed by atoms with Gasteiger partial charge in [-0.05, 0) is 48.7 Å². The molecule has 1 aliphatic rings. The number of hydrogen-bond donors (Lipinski definition) is 1. The van der Waals surface area contributed by atoms with Gasteiger partial charge in [0.15, 0.2) is 0 Å². The fourth-order valence-corrected chi connectivity index (χ4v) is 4.06. The van der Waals surface area contributed by atoms with E-state index in [1.54, 1.807) is 0 Å². The highest BCUT2D eigenvalue weighted by atomic mass is 79.9. The molecule has 2 aromatic rings. The van der Waals surface area contributed by atoms with Crippen molar-refractivity contribution in [2.45, 2.75) is 18.9 Å². The second-order valence-corrected chi connectivity index (χ2v) is 7.47. The largest absolute Gasteiger partial charge is 0.481 e. The number of carboxylic acids is 1. The van der Waals surface area contributed by atoms with Gasteiger partial charge in [0.05, 0.1) is 12.0 Å². The van der Waals surface area contributed by atoms with E-state index in [-0.39, 0.29) is 12.0 Å².